The van der Waals surface area contributed by atoms with Gasteiger partial charge in [-0.05, 0) is 47.7 Å². The number of methoxy groups -OCH3 is 1. The molecule has 1 N–H and O–H groups in total. The lowest BCUT2D eigenvalue weighted by Gasteiger charge is -2.08. The molecule has 0 atom stereocenters. The fourth-order valence-electron chi connectivity index (χ4n) is 2.21. The summed E-state index contributed by atoms with van der Waals surface area (Å²) in [6.07, 6.45) is 2.66. The molecule has 0 saturated heterocycles. The van der Waals surface area contributed by atoms with Crippen LogP contribution < -0.4 is 10.1 Å². The molecule has 0 radical (unpaired) electrons. The van der Waals surface area contributed by atoms with Crippen molar-refractivity contribution in [2.24, 2.45) is 0 Å². The lowest BCUT2D eigenvalue weighted by atomic mass is 10.0. The van der Waals surface area contributed by atoms with Crippen LogP contribution >= 0.6 is 0 Å². The van der Waals surface area contributed by atoms with Gasteiger partial charge in [0.05, 0.1) is 7.11 Å². The summed E-state index contributed by atoms with van der Waals surface area (Å²) in [5.74, 6) is 0.902. The monoisotopic (exact) mass is 253 g/mol. The molecule has 3 rings (SSSR count). The zero-order chi connectivity index (χ0) is 13.1. The van der Waals surface area contributed by atoms with Crippen LogP contribution in [0.5, 0.6) is 5.75 Å². The number of hydrogen-bond acceptors (Lipinski definition) is 2. The lowest BCUT2D eigenvalue weighted by molar-refractivity contribution is 0.415. The standard InChI is InChI=1S/C17H19NO/c1-19-17-7-3-6-15(11-17)14-5-2-4-13(10-14)12-18-16-8-9-16/h2-7,10-11,16,18H,8-9,12H2,1H3. The van der Waals surface area contributed by atoms with Crippen molar-refractivity contribution in [2.75, 3.05) is 7.11 Å². The summed E-state index contributed by atoms with van der Waals surface area (Å²) in [4.78, 5) is 0. The molecular formula is C17H19NO. The Kier molecular flexibility index (Phi) is 3.51. The molecule has 98 valence electrons. The van der Waals surface area contributed by atoms with Crippen molar-refractivity contribution < 1.29 is 4.74 Å². The van der Waals surface area contributed by atoms with Gasteiger partial charge in [-0.3, -0.25) is 0 Å². The summed E-state index contributed by atoms with van der Waals surface area (Å²) in [5, 5.41) is 3.55. The summed E-state index contributed by atoms with van der Waals surface area (Å²) in [6, 6.07) is 17.7. The average molecular weight is 253 g/mol. The molecule has 0 aliphatic heterocycles. The minimum Gasteiger partial charge on any atom is -0.497 e. The van der Waals surface area contributed by atoms with Crippen molar-refractivity contribution >= 4 is 0 Å². The van der Waals surface area contributed by atoms with Gasteiger partial charge in [-0.1, -0.05) is 30.3 Å². The van der Waals surface area contributed by atoms with Gasteiger partial charge in [-0.25, -0.2) is 0 Å². The van der Waals surface area contributed by atoms with E-state index >= 15 is 0 Å². The summed E-state index contributed by atoms with van der Waals surface area (Å²) >= 11 is 0. The molecule has 19 heavy (non-hydrogen) atoms. The van der Waals surface area contributed by atoms with Gasteiger partial charge >= 0.3 is 0 Å². The molecule has 0 amide bonds. The van der Waals surface area contributed by atoms with Gasteiger partial charge in [0.15, 0.2) is 0 Å². The highest BCUT2D eigenvalue weighted by Gasteiger charge is 2.19. The molecule has 1 saturated carbocycles. The van der Waals surface area contributed by atoms with Gasteiger partial charge in [0.1, 0.15) is 5.75 Å². The summed E-state index contributed by atoms with van der Waals surface area (Å²) in [5.41, 5.74) is 3.79. The van der Waals surface area contributed by atoms with E-state index in [1.54, 1.807) is 7.11 Å². The Bertz CT molecular complexity index is 561. The second-order valence-corrected chi connectivity index (χ2v) is 5.09. The van der Waals surface area contributed by atoms with Crippen LogP contribution in [0.3, 0.4) is 0 Å². The maximum atomic E-state index is 5.28. The summed E-state index contributed by atoms with van der Waals surface area (Å²) in [6.45, 7) is 0.961. The Morgan fingerprint density at radius 3 is 2.53 bits per heavy atom. The molecule has 2 nitrogen and oxygen atoms in total. The first-order valence-electron chi connectivity index (χ1n) is 6.82. The second-order valence-electron chi connectivity index (χ2n) is 5.09. The predicted molar refractivity (Wildman–Crippen MR) is 78.3 cm³/mol. The summed E-state index contributed by atoms with van der Waals surface area (Å²) in [7, 11) is 1.70. The molecule has 1 aliphatic carbocycles. The normalized spacial score (nSPS) is 14.4. The lowest BCUT2D eigenvalue weighted by Crippen LogP contribution is -2.15. The third kappa shape index (κ3) is 3.15. The number of rotatable bonds is 5. The van der Waals surface area contributed by atoms with E-state index in [1.807, 2.05) is 12.1 Å². The highest BCUT2D eigenvalue weighted by molar-refractivity contribution is 5.65. The Labute approximate surface area is 114 Å². The SMILES string of the molecule is COc1cccc(-c2cccc(CNC3CC3)c2)c1. The van der Waals surface area contributed by atoms with E-state index in [2.05, 4.69) is 41.7 Å². The van der Waals surface area contributed by atoms with Gasteiger partial charge < -0.3 is 10.1 Å². The predicted octanol–water partition coefficient (Wildman–Crippen LogP) is 3.61. The van der Waals surface area contributed by atoms with E-state index in [9.17, 15) is 0 Å². The van der Waals surface area contributed by atoms with Gasteiger partial charge in [-0.2, -0.15) is 0 Å². The van der Waals surface area contributed by atoms with Gasteiger partial charge in [0, 0.05) is 12.6 Å². The minimum atomic E-state index is 0.750. The van der Waals surface area contributed by atoms with Crippen molar-refractivity contribution in [3.8, 4) is 16.9 Å². The maximum Gasteiger partial charge on any atom is 0.119 e. The maximum absolute atomic E-state index is 5.28. The number of nitrogens with one attached hydrogen (secondary N) is 1. The molecule has 0 unspecified atom stereocenters. The Morgan fingerprint density at radius 2 is 1.79 bits per heavy atom. The molecule has 2 aromatic rings. The van der Waals surface area contributed by atoms with Crippen molar-refractivity contribution in [1.29, 1.82) is 0 Å². The molecule has 0 spiro atoms. The molecular weight excluding hydrogens is 234 g/mol. The van der Waals surface area contributed by atoms with Crippen LogP contribution in [0.25, 0.3) is 11.1 Å². The van der Waals surface area contributed by atoms with E-state index in [0.717, 1.165) is 18.3 Å². The van der Waals surface area contributed by atoms with Crippen LogP contribution in [-0.2, 0) is 6.54 Å². The third-order valence-electron chi connectivity index (χ3n) is 3.50. The number of ether oxygens (including phenoxy) is 1. The largest absolute Gasteiger partial charge is 0.497 e. The first-order chi connectivity index (χ1) is 9.35. The van der Waals surface area contributed by atoms with E-state index in [0.29, 0.717) is 0 Å². The van der Waals surface area contributed by atoms with E-state index in [-0.39, 0.29) is 0 Å². The molecule has 0 heterocycles. The Hall–Kier alpha value is -1.80. The average Bonchev–Trinajstić information content (AvgIpc) is 3.30. The van der Waals surface area contributed by atoms with E-state index in [4.69, 9.17) is 4.74 Å². The van der Waals surface area contributed by atoms with Crippen LogP contribution in [0, 0.1) is 0 Å². The molecule has 1 aliphatic rings. The highest BCUT2D eigenvalue weighted by atomic mass is 16.5. The minimum absolute atomic E-state index is 0.750. The van der Waals surface area contributed by atoms with E-state index < -0.39 is 0 Å². The van der Waals surface area contributed by atoms with Gasteiger partial charge in [0.25, 0.3) is 0 Å². The zero-order valence-corrected chi connectivity index (χ0v) is 11.2. The fourth-order valence-corrected chi connectivity index (χ4v) is 2.21. The molecule has 1 fully saturated rings. The van der Waals surface area contributed by atoms with Crippen molar-refractivity contribution in [1.82, 2.24) is 5.32 Å². The summed E-state index contributed by atoms with van der Waals surface area (Å²) < 4.78 is 5.28. The van der Waals surface area contributed by atoms with Crippen LogP contribution in [-0.4, -0.2) is 13.2 Å². The Balaban J connectivity index is 1.80. The molecule has 2 heteroatoms. The number of benzene rings is 2. The first kappa shape index (κ1) is 12.2. The molecule has 0 bridgehead atoms. The highest BCUT2D eigenvalue weighted by Crippen LogP contribution is 2.25. The van der Waals surface area contributed by atoms with Crippen molar-refractivity contribution in [2.45, 2.75) is 25.4 Å². The van der Waals surface area contributed by atoms with Crippen molar-refractivity contribution in [3.63, 3.8) is 0 Å². The van der Waals surface area contributed by atoms with Crippen LogP contribution in [0.15, 0.2) is 48.5 Å². The molecule has 2 aromatic carbocycles. The third-order valence-corrected chi connectivity index (χ3v) is 3.50. The fraction of sp³-hybridized carbons (Fsp3) is 0.294. The van der Waals surface area contributed by atoms with E-state index in [1.165, 1.54) is 29.5 Å². The van der Waals surface area contributed by atoms with Crippen molar-refractivity contribution in [3.05, 3.63) is 54.1 Å². The van der Waals surface area contributed by atoms with Gasteiger partial charge in [0.2, 0.25) is 0 Å². The quantitative estimate of drug-likeness (QED) is 0.878. The Morgan fingerprint density at radius 1 is 1.05 bits per heavy atom. The topological polar surface area (TPSA) is 21.3 Å². The second kappa shape index (κ2) is 5.45. The first-order valence-corrected chi connectivity index (χ1v) is 6.82. The number of hydrogen-bond donors (Lipinski definition) is 1. The van der Waals surface area contributed by atoms with Gasteiger partial charge in [-0.15, -0.1) is 0 Å². The van der Waals surface area contributed by atoms with Crippen LogP contribution in [0.4, 0.5) is 0 Å². The van der Waals surface area contributed by atoms with Crippen LogP contribution in [0.2, 0.25) is 0 Å². The van der Waals surface area contributed by atoms with Crippen LogP contribution in [0.1, 0.15) is 18.4 Å². The molecule has 0 aromatic heterocycles. The smallest absolute Gasteiger partial charge is 0.119 e. The zero-order valence-electron chi connectivity index (χ0n) is 11.2.